The van der Waals surface area contributed by atoms with Crippen LogP contribution in [0.15, 0.2) is 59.7 Å². The fourth-order valence-electron chi connectivity index (χ4n) is 2.85. The molecule has 0 aliphatic rings. The van der Waals surface area contributed by atoms with Gasteiger partial charge in [0.1, 0.15) is 11.6 Å². The number of H-pyrrole nitrogens is 1. The fourth-order valence-corrected chi connectivity index (χ4v) is 2.85. The van der Waals surface area contributed by atoms with Crippen molar-refractivity contribution in [1.29, 1.82) is 5.26 Å². The van der Waals surface area contributed by atoms with Crippen molar-refractivity contribution in [2.24, 2.45) is 4.99 Å². The summed E-state index contributed by atoms with van der Waals surface area (Å²) in [6.07, 6.45) is 1.80. The summed E-state index contributed by atoms with van der Waals surface area (Å²) in [6, 6.07) is 16.3. The normalized spacial score (nSPS) is 10.8. The van der Waals surface area contributed by atoms with Gasteiger partial charge in [-0.2, -0.15) is 5.26 Å². The summed E-state index contributed by atoms with van der Waals surface area (Å²) in [4.78, 5) is 13.9. The van der Waals surface area contributed by atoms with Gasteiger partial charge >= 0.3 is 0 Å². The molecule has 3 rings (SSSR count). The van der Waals surface area contributed by atoms with Crippen molar-refractivity contribution < 1.29 is 4.39 Å². The molecule has 150 valence electrons. The maximum Gasteiger partial charge on any atom is 0.194 e. The average molecular weight is 504 g/mol. The van der Waals surface area contributed by atoms with Gasteiger partial charge in [0.15, 0.2) is 5.96 Å². The van der Waals surface area contributed by atoms with Crippen LogP contribution in [-0.4, -0.2) is 34.9 Å². The molecule has 0 unspecified atom stereocenters. The Kier molecular flexibility index (Phi) is 8.15. The maximum absolute atomic E-state index is 14.0. The SMILES string of the molecule is CN=C(NCc1cc(C#N)ccc1F)N(C)Cc1ncc(-c2ccccc2)[nH]1.I. The number of aliphatic imine (C=N–C) groups is 1. The highest BCUT2D eigenvalue weighted by atomic mass is 127. The van der Waals surface area contributed by atoms with Gasteiger partial charge in [-0.1, -0.05) is 30.3 Å². The van der Waals surface area contributed by atoms with Gasteiger partial charge in [0.05, 0.1) is 30.1 Å². The molecule has 0 saturated carbocycles. The molecule has 8 heteroatoms. The number of nitrogens with one attached hydrogen (secondary N) is 2. The van der Waals surface area contributed by atoms with Gasteiger partial charge in [0.2, 0.25) is 0 Å². The zero-order chi connectivity index (χ0) is 19.9. The standard InChI is InChI=1S/C21H21FN6.HI/c1-24-21(26-12-17-10-15(11-23)8-9-18(17)22)28(2)14-20-25-13-19(27-20)16-6-4-3-5-7-16;/h3-10,13H,12,14H2,1-2H3,(H,24,26)(H,25,27);1H. The van der Waals surface area contributed by atoms with Gasteiger partial charge in [0, 0.05) is 26.2 Å². The molecule has 29 heavy (non-hydrogen) atoms. The molecule has 1 heterocycles. The van der Waals surface area contributed by atoms with Crippen molar-refractivity contribution >= 4 is 29.9 Å². The molecule has 0 fully saturated rings. The predicted octanol–water partition coefficient (Wildman–Crippen LogP) is 3.91. The number of imidazole rings is 1. The molecule has 0 radical (unpaired) electrons. The Bertz CT molecular complexity index is 1010. The lowest BCUT2D eigenvalue weighted by Gasteiger charge is -2.21. The highest BCUT2D eigenvalue weighted by Crippen LogP contribution is 2.16. The highest BCUT2D eigenvalue weighted by molar-refractivity contribution is 14.0. The summed E-state index contributed by atoms with van der Waals surface area (Å²) in [5, 5.41) is 12.1. The Hall–Kier alpha value is -2.93. The van der Waals surface area contributed by atoms with Crippen LogP contribution in [0.25, 0.3) is 11.3 Å². The second-order valence-corrected chi connectivity index (χ2v) is 6.28. The van der Waals surface area contributed by atoms with E-state index in [4.69, 9.17) is 5.26 Å². The lowest BCUT2D eigenvalue weighted by Crippen LogP contribution is -2.38. The van der Waals surface area contributed by atoms with E-state index >= 15 is 0 Å². The monoisotopic (exact) mass is 504 g/mol. The van der Waals surface area contributed by atoms with Gasteiger partial charge in [-0.3, -0.25) is 4.99 Å². The number of halogens is 2. The second kappa shape index (κ2) is 10.6. The summed E-state index contributed by atoms with van der Waals surface area (Å²) in [5.41, 5.74) is 2.85. The van der Waals surface area contributed by atoms with Gasteiger partial charge in [0.25, 0.3) is 0 Å². The fraction of sp³-hybridized carbons (Fsp3) is 0.190. The van der Waals surface area contributed by atoms with Crippen LogP contribution < -0.4 is 5.32 Å². The van der Waals surface area contributed by atoms with Crippen molar-refractivity contribution in [2.45, 2.75) is 13.1 Å². The largest absolute Gasteiger partial charge is 0.352 e. The van der Waals surface area contributed by atoms with Gasteiger partial charge in [-0.05, 0) is 23.8 Å². The lowest BCUT2D eigenvalue weighted by molar-refractivity contribution is 0.462. The molecule has 0 saturated heterocycles. The van der Waals surface area contributed by atoms with E-state index < -0.39 is 0 Å². The first-order chi connectivity index (χ1) is 13.6. The first-order valence-corrected chi connectivity index (χ1v) is 8.80. The zero-order valence-corrected chi connectivity index (χ0v) is 18.5. The zero-order valence-electron chi connectivity index (χ0n) is 16.2. The number of rotatable bonds is 5. The number of guanidine groups is 1. The Labute approximate surface area is 186 Å². The van der Waals surface area contributed by atoms with E-state index in [1.165, 1.54) is 18.2 Å². The number of nitrogens with zero attached hydrogens (tertiary/aromatic N) is 4. The van der Waals surface area contributed by atoms with Crippen LogP contribution in [0.2, 0.25) is 0 Å². The molecule has 6 nitrogen and oxygen atoms in total. The van der Waals surface area contributed by atoms with Crippen LogP contribution in [0.4, 0.5) is 4.39 Å². The molecule has 0 aliphatic carbocycles. The second-order valence-electron chi connectivity index (χ2n) is 6.28. The van der Waals surface area contributed by atoms with E-state index in [-0.39, 0.29) is 36.3 Å². The van der Waals surface area contributed by atoms with E-state index in [0.717, 1.165) is 17.1 Å². The summed E-state index contributed by atoms with van der Waals surface area (Å²) in [6.45, 7) is 0.735. The van der Waals surface area contributed by atoms with Crippen LogP contribution >= 0.6 is 24.0 Å². The number of aromatic amines is 1. The molecule has 0 spiro atoms. The van der Waals surface area contributed by atoms with Crippen molar-refractivity contribution in [2.75, 3.05) is 14.1 Å². The van der Waals surface area contributed by atoms with Crippen LogP contribution in [0, 0.1) is 17.1 Å². The number of hydrogen-bond acceptors (Lipinski definition) is 3. The molecule has 2 N–H and O–H groups in total. The van der Waals surface area contributed by atoms with Crippen molar-refractivity contribution in [3.8, 4) is 17.3 Å². The Morgan fingerprint density at radius 1 is 1.28 bits per heavy atom. The van der Waals surface area contributed by atoms with Crippen LogP contribution in [0.1, 0.15) is 17.0 Å². The number of nitriles is 1. The Morgan fingerprint density at radius 3 is 2.72 bits per heavy atom. The number of aromatic nitrogens is 2. The van der Waals surface area contributed by atoms with E-state index in [9.17, 15) is 4.39 Å². The van der Waals surface area contributed by atoms with Crippen LogP contribution in [0.3, 0.4) is 0 Å². The first kappa shape index (κ1) is 22.4. The van der Waals surface area contributed by atoms with Gasteiger partial charge in [-0.25, -0.2) is 9.37 Å². The third-order valence-corrected chi connectivity index (χ3v) is 4.29. The Balaban J connectivity index is 0.00000300. The Morgan fingerprint density at radius 2 is 2.03 bits per heavy atom. The molecule has 2 aromatic carbocycles. The van der Waals surface area contributed by atoms with E-state index in [2.05, 4.69) is 20.3 Å². The molecule has 3 aromatic rings. The van der Waals surface area contributed by atoms with E-state index in [1.807, 2.05) is 48.3 Å². The smallest absolute Gasteiger partial charge is 0.194 e. The predicted molar refractivity (Wildman–Crippen MR) is 122 cm³/mol. The molecular weight excluding hydrogens is 482 g/mol. The first-order valence-electron chi connectivity index (χ1n) is 8.80. The third kappa shape index (κ3) is 5.77. The van der Waals surface area contributed by atoms with Crippen molar-refractivity contribution in [3.05, 3.63) is 77.5 Å². The molecule has 1 aromatic heterocycles. The lowest BCUT2D eigenvalue weighted by atomic mass is 10.1. The van der Waals surface area contributed by atoms with Crippen molar-refractivity contribution in [3.63, 3.8) is 0 Å². The quantitative estimate of drug-likeness (QED) is 0.314. The minimum atomic E-state index is -0.358. The average Bonchev–Trinajstić information content (AvgIpc) is 3.19. The summed E-state index contributed by atoms with van der Waals surface area (Å²) >= 11 is 0. The summed E-state index contributed by atoms with van der Waals surface area (Å²) in [7, 11) is 3.54. The highest BCUT2D eigenvalue weighted by Gasteiger charge is 2.11. The van der Waals surface area contributed by atoms with Gasteiger partial charge < -0.3 is 15.2 Å². The van der Waals surface area contributed by atoms with Crippen LogP contribution in [-0.2, 0) is 13.1 Å². The maximum atomic E-state index is 14.0. The molecule has 0 amide bonds. The topological polar surface area (TPSA) is 80.1 Å². The minimum absolute atomic E-state index is 0. The third-order valence-electron chi connectivity index (χ3n) is 4.29. The molecule has 0 atom stereocenters. The number of hydrogen-bond donors (Lipinski definition) is 2. The van der Waals surface area contributed by atoms with Crippen LogP contribution in [0.5, 0.6) is 0 Å². The molecular formula is C21H22FIN6. The number of benzene rings is 2. The summed E-state index contributed by atoms with van der Waals surface area (Å²) in [5.74, 6) is 1.03. The van der Waals surface area contributed by atoms with Gasteiger partial charge in [-0.15, -0.1) is 24.0 Å². The molecule has 0 bridgehead atoms. The van der Waals surface area contributed by atoms with E-state index in [1.54, 1.807) is 13.2 Å². The summed E-state index contributed by atoms with van der Waals surface area (Å²) < 4.78 is 14.0. The molecule has 0 aliphatic heterocycles. The minimum Gasteiger partial charge on any atom is -0.352 e. The van der Waals surface area contributed by atoms with Crippen molar-refractivity contribution in [1.82, 2.24) is 20.2 Å². The van der Waals surface area contributed by atoms with E-state index in [0.29, 0.717) is 23.6 Å².